The maximum Gasteiger partial charge on any atom is 0.150 e. The lowest BCUT2D eigenvalue weighted by Crippen LogP contribution is -2.35. The van der Waals surface area contributed by atoms with Crippen molar-refractivity contribution in [2.75, 3.05) is 13.7 Å². The first-order valence-electron chi connectivity index (χ1n) is 9.06. The van der Waals surface area contributed by atoms with Crippen LogP contribution in [0.25, 0.3) is 0 Å². The second kappa shape index (κ2) is 10.2. The Kier molecular flexibility index (Phi) is 8.29. The van der Waals surface area contributed by atoms with Crippen LogP contribution < -0.4 is 5.73 Å². The Morgan fingerprint density at radius 2 is 2.19 bits per heavy atom. The summed E-state index contributed by atoms with van der Waals surface area (Å²) in [6.07, 6.45) is 7.91. The number of carbonyl (C=O) groups excluding carboxylic acids is 1. The summed E-state index contributed by atoms with van der Waals surface area (Å²) in [5.41, 5.74) is 7.81. The average molecular weight is 412 g/mol. The molecule has 2 N–H and O–H groups in total. The molecule has 7 heteroatoms. The third-order valence-corrected chi connectivity index (χ3v) is 5.49. The number of rotatable bonds is 10. The monoisotopic (exact) mass is 411 g/mol. The van der Waals surface area contributed by atoms with Gasteiger partial charge in [0.1, 0.15) is 5.15 Å². The summed E-state index contributed by atoms with van der Waals surface area (Å²) in [7, 11) is 1.96. The van der Waals surface area contributed by atoms with Crippen LogP contribution in [0.1, 0.15) is 42.6 Å². The number of pyridine rings is 1. The first-order chi connectivity index (χ1) is 12.9. The van der Waals surface area contributed by atoms with E-state index in [0.29, 0.717) is 33.8 Å². The van der Waals surface area contributed by atoms with Crippen molar-refractivity contribution < 1.29 is 9.53 Å². The normalized spacial score (nSPS) is 17.9. The number of hydrogen-bond acceptors (Lipinski definition) is 5. The summed E-state index contributed by atoms with van der Waals surface area (Å²) < 4.78 is 6.05. The molecule has 2 rings (SSSR count). The molecule has 0 spiro atoms. The van der Waals surface area contributed by atoms with Gasteiger partial charge < -0.3 is 10.5 Å². The molecule has 1 aromatic heterocycles. The molecule has 5 nitrogen and oxygen atoms in total. The summed E-state index contributed by atoms with van der Waals surface area (Å²) in [4.78, 5) is 17.5. The van der Waals surface area contributed by atoms with E-state index in [1.54, 1.807) is 6.07 Å². The number of ether oxygens (including phenoxy) is 1. The number of allylic oxidation sites excluding steroid dienone is 2. The van der Waals surface area contributed by atoms with Crippen molar-refractivity contribution in [1.29, 1.82) is 0 Å². The topological polar surface area (TPSA) is 68.5 Å². The van der Waals surface area contributed by atoms with Crippen molar-refractivity contribution in [3.63, 3.8) is 0 Å². The van der Waals surface area contributed by atoms with Crippen LogP contribution in [0, 0.1) is 5.92 Å². The molecule has 2 atom stereocenters. The fourth-order valence-electron chi connectivity index (χ4n) is 2.83. The van der Waals surface area contributed by atoms with Gasteiger partial charge in [-0.15, -0.1) is 0 Å². The SMILES string of the molecule is CC(OCC1CC1)/C(=C\C(Cl)=C/N)C(C)N(C)Cc1c(C=O)ccnc1Cl. The third-order valence-electron chi connectivity index (χ3n) is 4.93. The first kappa shape index (κ1) is 21.9. The molecule has 27 heavy (non-hydrogen) atoms. The van der Waals surface area contributed by atoms with Crippen LogP contribution in [0.2, 0.25) is 5.15 Å². The van der Waals surface area contributed by atoms with Crippen LogP contribution in [0.4, 0.5) is 0 Å². The summed E-state index contributed by atoms with van der Waals surface area (Å²) in [6.45, 7) is 5.31. The fraction of sp³-hybridized carbons (Fsp3) is 0.500. The lowest BCUT2D eigenvalue weighted by molar-refractivity contribution is 0.0703. The van der Waals surface area contributed by atoms with Crippen molar-refractivity contribution in [3.05, 3.63) is 51.4 Å². The van der Waals surface area contributed by atoms with Crippen LogP contribution in [0.15, 0.2) is 35.1 Å². The molecule has 0 saturated heterocycles. The Morgan fingerprint density at radius 3 is 2.78 bits per heavy atom. The van der Waals surface area contributed by atoms with Crippen LogP contribution in [-0.2, 0) is 11.3 Å². The van der Waals surface area contributed by atoms with Gasteiger partial charge in [-0.25, -0.2) is 4.98 Å². The second-order valence-corrected chi connectivity index (χ2v) is 7.79. The molecule has 0 amide bonds. The van der Waals surface area contributed by atoms with Gasteiger partial charge in [-0.1, -0.05) is 23.2 Å². The lowest BCUT2D eigenvalue weighted by atomic mass is 10.0. The minimum Gasteiger partial charge on any atom is -0.403 e. The highest BCUT2D eigenvalue weighted by atomic mass is 35.5. The van der Waals surface area contributed by atoms with Crippen LogP contribution in [0.5, 0.6) is 0 Å². The molecule has 148 valence electrons. The molecule has 1 aliphatic carbocycles. The number of nitrogens with two attached hydrogens (primary N) is 1. The van der Waals surface area contributed by atoms with E-state index in [2.05, 4.69) is 16.8 Å². The Morgan fingerprint density at radius 1 is 1.48 bits per heavy atom. The van der Waals surface area contributed by atoms with E-state index in [1.807, 2.05) is 20.0 Å². The molecule has 1 aromatic rings. The molecule has 0 aromatic carbocycles. The van der Waals surface area contributed by atoms with Crippen molar-refractivity contribution in [2.45, 2.75) is 45.4 Å². The second-order valence-electron chi connectivity index (χ2n) is 6.99. The van der Waals surface area contributed by atoms with Crippen LogP contribution in [-0.4, -0.2) is 42.0 Å². The van der Waals surface area contributed by atoms with Gasteiger partial charge in [0, 0.05) is 36.1 Å². The standard InChI is InChI=1S/C20H27Cl2N3O2/c1-13(25(3)10-19-16(11-26)6-7-24-20(19)22)18(8-17(21)9-23)14(2)27-12-15-4-5-15/h6-9,11,13-15H,4-5,10,12,23H2,1-3H3/b17-9+,18-8-. The van der Waals surface area contributed by atoms with Crippen LogP contribution in [0.3, 0.4) is 0 Å². The Bertz CT molecular complexity index is 717. The zero-order valence-electron chi connectivity index (χ0n) is 16.0. The lowest BCUT2D eigenvalue weighted by Gasteiger charge is -2.31. The van der Waals surface area contributed by atoms with Gasteiger partial charge in [-0.05, 0) is 57.4 Å². The van der Waals surface area contributed by atoms with Gasteiger partial charge in [0.05, 0.1) is 17.7 Å². The number of nitrogens with zero attached hydrogens (tertiary/aromatic N) is 2. The van der Waals surface area contributed by atoms with Crippen molar-refractivity contribution in [1.82, 2.24) is 9.88 Å². The predicted molar refractivity (Wildman–Crippen MR) is 110 cm³/mol. The zero-order chi connectivity index (χ0) is 20.0. The largest absolute Gasteiger partial charge is 0.403 e. The smallest absolute Gasteiger partial charge is 0.150 e. The molecule has 1 aliphatic rings. The number of aldehydes is 1. The average Bonchev–Trinajstić information content (AvgIpc) is 3.49. The summed E-state index contributed by atoms with van der Waals surface area (Å²) in [6, 6.07) is 1.66. The van der Waals surface area contributed by atoms with Crippen molar-refractivity contribution in [2.24, 2.45) is 11.7 Å². The summed E-state index contributed by atoms with van der Waals surface area (Å²) in [5.74, 6) is 0.673. The van der Waals surface area contributed by atoms with E-state index in [0.717, 1.165) is 18.5 Å². The van der Waals surface area contributed by atoms with Gasteiger partial charge in [0.15, 0.2) is 6.29 Å². The zero-order valence-corrected chi connectivity index (χ0v) is 17.5. The minimum atomic E-state index is -0.105. The fourth-order valence-corrected chi connectivity index (χ4v) is 3.19. The number of likely N-dealkylation sites (N-methyl/N-ethyl adjacent to an activating group) is 1. The number of halogens is 2. The molecule has 1 saturated carbocycles. The maximum atomic E-state index is 11.3. The molecule has 1 fully saturated rings. The predicted octanol–water partition coefficient (Wildman–Crippen LogP) is 4.15. The molecule has 2 unspecified atom stereocenters. The maximum absolute atomic E-state index is 11.3. The van der Waals surface area contributed by atoms with E-state index in [-0.39, 0.29) is 12.1 Å². The van der Waals surface area contributed by atoms with Gasteiger partial charge in [0.25, 0.3) is 0 Å². The molecular formula is C20H27Cl2N3O2. The van der Waals surface area contributed by atoms with Crippen molar-refractivity contribution in [3.8, 4) is 0 Å². The molecule has 0 bridgehead atoms. The van der Waals surface area contributed by atoms with E-state index < -0.39 is 0 Å². The molecule has 0 aliphatic heterocycles. The van der Waals surface area contributed by atoms with E-state index in [4.69, 9.17) is 33.7 Å². The van der Waals surface area contributed by atoms with Gasteiger partial charge >= 0.3 is 0 Å². The van der Waals surface area contributed by atoms with Gasteiger partial charge in [-0.2, -0.15) is 0 Å². The highest BCUT2D eigenvalue weighted by Gasteiger charge is 2.26. The van der Waals surface area contributed by atoms with Gasteiger partial charge in [-0.3, -0.25) is 9.69 Å². The van der Waals surface area contributed by atoms with E-state index in [9.17, 15) is 4.79 Å². The first-order valence-corrected chi connectivity index (χ1v) is 9.82. The minimum absolute atomic E-state index is 0.0105. The highest BCUT2D eigenvalue weighted by Crippen LogP contribution is 2.30. The van der Waals surface area contributed by atoms with Crippen LogP contribution >= 0.6 is 23.2 Å². The molecule has 1 heterocycles. The number of carbonyl (C=O) groups is 1. The Labute approximate surface area is 171 Å². The van der Waals surface area contributed by atoms with E-state index >= 15 is 0 Å². The number of hydrogen-bond donors (Lipinski definition) is 1. The van der Waals surface area contributed by atoms with Gasteiger partial charge in [0.2, 0.25) is 0 Å². The summed E-state index contributed by atoms with van der Waals surface area (Å²) in [5, 5.41) is 0.794. The quantitative estimate of drug-likeness (QED) is 0.355. The number of aromatic nitrogens is 1. The molecular weight excluding hydrogens is 385 g/mol. The van der Waals surface area contributed by atoms with Crippen molar-refractivity contribution >= 4 is 29.5 Å². The third kappa shape index (κ3) is 6.32. The molecule has 0 radical (unpaired) electrons. The summed E-state index contributed by atoms with van der Waals surface area (Å²) >= 11 is 12.4. The Balaban J connectivity index is 2.18. The highest BCUT2D eigenvalue weighted by molar-refractivity contribution is 6.31. The van der Waals surface area contributed by atoms with E-state index in [1.165, 1.54) is 25.2 Å². The Hall–Kier alpha value is -1.40.